The predicted octanol–water partition coefficient (Wildman–Crippen LogP) is 4.89. The van der Waals surface area contributed by atoms with Gasteiger partial charge in [-0.25, -0.2) is 0 Å². The molecular weight excluding hydrogens is 304 g/mol. The first-order valence-electron chi connectivity index (χ1n) is 8.30. The van der Waals surface area contributed by atoms with Crippen molar-refractivity contribution in [3.8, 4) is 0 Å². The molecule has 0 aromatic heterocycles. The zero-order chi connectivity index (χ0) is 16.9. The van der Waals surface area contributed by atoms with Gasteiger partial charge in [-0.1, -0.05) is 43.5 Å². The van der Waals surface area contributed by atoms with Gasteiger partial charge in [0.05, 0.1) is 4.92 Å². The van der Waals surface area contributed by atoms with Crippen LogP contribution in [-0.4, -0.2) is 10.8 Å². The number of hydrogen-bond acceptors (Lipinski definition) is 3. The molecule has 1 saturated carbocycles. The molecule has 1 fully saturated rings. The fourth-order valence-corrected chi connectivity index (χ4v) is 3.28. The number of para-hydroxylation sites is 2. The van der Waals surface area contributed by atoms with Crippen molar-refractivity contribution >= 4 is 17.3 Å². The normalized spacial score (nSPS) is 15.0. The molecule has 1 aliphatic rings. The molecule has 0 atom stereocenters. The van der Waals surface area contributed by atoms with E-state index >= 15 is 0 Å². The first-order valence-corrected chi connectivity index (χ1v) is 8.30. The Morgan fingerprint density at radius 2 is 1.67 bits per heavy atom. The highest BCUT2D eigenvalue weighted by Crippen LogP contribution is 2.32. The maximum absolute atomic E-state index is 12.3. The average Bonchev–Trinajstić information content (AvgIpc) is 2.63. The highest BCUT2D eigenvalue weighted by Gasteiger charge is 2.18. The van der Waals surface area contributed by atoms with Gasteiger partial charge in [0.15, 0.2) is 0 Å². The molecule has 124 valence electrons. The van der Waals surface area contributed by atoms with Crippen LogP contribution in [0.2, 0.25) is 0 Å². The zero-order valence-corrected chi connectivity index (χ0v) is 13.4. The molecule has 1 N–H and O–H groups in total. The Morgan fingerprint density at radius 3 is 2.33 bits per heavy atom. The summed E-state index contributed by atoms with van der Waals surface area (Å²) in [5.74, 6) is 0.255. The van der Waals surface area contributed by atoms with Gasteiger partial charge in [-0.15, -0.1) is 0 Å². The van der Waals surface area contributed by atoms with Gasteiger partial charge in [0.1, 0.15) is 5.69 Å². The first kappa shape index (κ1) is 16.2. The van der Waals surface area contributed by atoms with Crippen molar-refractivity contribution in [1.82, 2.24) is 0 Å². The standard InChI is InChI=1S/C19H20N2O3/c22-19(20-17-8-4-5-9-18(17)21(23)24)16-12-10-15(11-13-16)14-6-2-1-3-7-14/h4-5,8-14H,1-3,6-7H2,(H,20,22). The molecule has 24 heavy (non-hydrogen) atoms. The third kappa shape index (κ3) is 3.62. The SMILES string of the molecule is O=C(Nc1ccccc1[N+](=O)[O-])c1ccc(C2CCCCC2)cc1. The van der Waals surface area contributed by atoms with Gasteiger partial charge in [-0.05, 0) is 42.5 Å². The Morgan fingerprint density at radius 1 is 1.00 bits per heavy atom. The van der Waals surface area contributed by atoms with Gasteiger partial charge < -0.3 is 5.32 Å². The van der Waals surface area contributed by atoms with Crippen molar-refractivity contribution < 1.29 is 9.72 Å². The van der Waals surface area contributed by atoms with E-state index < -0.39 is 4.92 Å². The number of nitrogens with zero attached hydrogens (tertiary/aromatic N) is 1. The number of hydrogen-bond donors (Lipinski definition) is 1. The summed E-state index contributed by atoms with van der Waals surface area (Å²) in [5.41, 5.74) is 1.89. The summed E-state index contributed by atoms with van der Waals surface area (Å²) in [5, 5.41) is 13.6. The Balaban J connectivity index is 1.72. The molecule has 0 unspecified atom stereocenters. The molecule has 1 amide bonds. The smallest absolute Gasteiger partial charge is 0.292 e. The van der Waals surface area contributed by atoms with Crippen molar-refractivity contribution in [1.29, 1.82) is 0 Å². The van der Waals surface area contributed by atoms with Crippen LogP contribution in [0.1, 0.15) is 53.9 Å². The van der Waals surface area contributed by atoms with Crippen molar-refractivity contribution in [3.05, 3.63) is 69.8 Å². The number of rotatable bonds is 4. The Kier molecular flexibility index (Phi) is 4.89. The number of nitrogens with one attached hydrogen (secondary N) is 1. The monoisotopic (exact) mass is 324 g/mol. The van der Waals surface area contributed by atoms with Crippen LogP contribution in [0.3, 0.4) is 0 Å². The fourth-order valence-electron chi connectivity index (χ4n) is 3.28. The number of nitro groups is 1. The van der Waals surface area contributed by atoms with Crippen LogP contribution >= 0.6 is 0 Å². The summed E-state index contributed by atoms with van der Waals surface area (Å²) < 4.78 is 0. The van der Waals surface area contributed by atoms with Crippen LogP contribution in [0.25, 0.3) is 0 Å². The number of carbonyl (C=O) groups is 1. The lowest BCUT2D eigenvalue weighted by atomic mass is 9.84. The molecule has 0 bridgehead atoms. The highest BCUT2D eigenvalue weighted by atomic mass is 16.6. The number of nitro benzene ring substituents is 1. The van der Waals surface area contributed by atoms with Gasteiger partial charge in [0, 0.05) is 11.6 Å². The van der Waals surface area contributed by atoms with E-state index in [1.165, 1.54) is 49.8 Å². The summed E-state index contributed by atoms with van der Waals surface area (Å²) in [6.07, 6.45) is 6.27. The Bertz CT molecular complexity index is 735. The van der Waals surface area contributed by atoms with Crippen LogP contribution in [0.4, 0.5) is 11.4 Å². The fraction of sp³-hybridized carbons (Fsp3) is 0.316. The number of anilines is 1. The minimum absolute atomic E-state index is 0.107. The number of benzene rings is 2. The second-order valence-electron chi connectivity index (χ2n) is 6.19. The molecule has 0 radical (unpaired) electrons. The third-order valence-corrected chi connectivity index (χ3v) is 4.60. The summed E-state index contributed by atoms with van der Waals surface area (Å²) in [6, 6.07) is 13.8. The predicted molar refractivity (Wildman–Crippen MR) is 93.3 cm³/mol. The van der Waals surface area contributed by atoms with Crippen molar-refractivity contribution in [2.24, 2.45) is 0 Å². The molecular formula is C19H20N2O3. The van der Waals surface area contributed by atoms with Gasteiger partial charge in [0.2, 0.25) is 0 Å². The lowest BCUT2D eigenvalue weighted by Gasteiger charge is -2.22. The summed E-state index contributed by atoms with van der Waals surface area (Å²) in [4.78, 5) is 22.9. The van der Waals surface area contributed by atoms with Gasteiger partial charge in [0.25, 0.3) is 11.6 Å². The van der Waals surface area contributed by atoms with Crippen LogP contribution < -0.4 is 5.32 Å². The van der Waals surface area contributed by atoms with Gasteiger partial charge in [-0.2, -0.15) is 0 Å². The largest absolute Gasteiger partial charge is 0.316 e. The maximum atomic E-state index is 12.3. The molecule has 0 aliphatic heterocycles. The van der Waals surface area contributed by atoms with E-state index in [9.17, 15) is 14.9 Å². The minimum atomic E-state index is -0.498. The van der Waals surface area contributed by atoms with Crippen LogP contribution in [0.15, 0.2) is 48.5 Å². The molecule has 1 aliphatic carbocycles. The maximum Gasteiger partial charge on any atom is 0.292 e. The lowest BCUT2D eigenvalue weighted by molar-refractivity contribution is -0.383. The second kappa shape index (κ2) is 7.25. The first-order chi connectivity index (χ1) is 11.6. The van der Waals surface area contributed by atoms with E-state index in [1.54, 1.807) is 24.3 Å². The Hall–Kier alpha value is -2.69. The third-order valence-electron chi connectivity index (χ3n) is 4.60. The van der Waals surface area contributed by atoms with Crippen molar-refractivity contribution in [2.75, 3.05) is 5.32 Å². The molecule has 5 heteroatoms. The quantitative estimate of drug-likeness (QED) is 0.642. The average molecular weight is 324 g/mol. The molecule has 5 nitrogen and oxygen atoms in total. The number of amides is 1. The van der Waals surface area contributed by atoms with Gasteiger partial charge >= 0.3 is 0 Å². The second-order valence-corrected chi connectivity index (χ2v) is 6.19. The summed E-state index contributed by atoms with van der Waals surface area (Å²) in [6.45, 7) is 0. The van der Waals surface area contributed by atoms with Crippen LogP contribution in [0.5, 0.6) is 0 Å². The molecule has 0 heterocycles. The van der Waals surface area contributed by atoms with E-state index in [-0.39, 0.29) is 17.3 Å². The van der Waals surface area contributed by atoms with E-state index in [4.69, 9.17) is 0 Å². The van der Waals surface area contributed by atoms with Crippen molar-refractivity contribution in [2.45, 2.75) is 38.0 Å². The lowest BCUT2D eigenvalue weighted by Crippen LogP contribution is -2.13. The molecule has 2 aromatic carbocycles. The molecule has 0 spiro atoms. The minimum Gasteiger partial charge on any atom is -0.316 e. The van der Waals surface area contributed by atoms with Crippen molar-refractivity contribution in [3.63, 3.8) is 0 Å². The molecule has 0 saturated heterocycles. The molecule has 2 aromatic rings. The van der Waals surface area contributed by atoms with Crippen LogP contribution in [0, 0.1) is 10.1 Å². The van der Waals surface area contributed by atoms with Crippen LogP contribution in [-0.2, 0) is 0 Å². The van der Waals surface area contributed by atoms with E-state index in [0.29, 0.717) is 11.5 Å². The summed E-state index contributed by atoms with van der Waals surface area (Å²) >= 11 is 0. The van der Waals surface area contributed by atoms with Gasteiger partial charge in [-0.3, -0.25) is 14.9 Å². The van der Waals surface area contributed by atoms with E-state index in [2.05, 4.69) is 5.32 Å². The number of carbonyl (C=O) groups excluding carboxylic acids is 1. The highest BCUT2D eigenvalue weighted by molar-refractivity contribution is 6.05. The summed E-state index contributed by atoms with van der Waals surface area (Å²) in [7, 11) is 0. The zero-order valence-electron chi connectivity index (χ0n) is 13.4. The molecule has 3 rings (SSSR count). The van der Waals surface area contributed by atoms with E-state index in [1.807, 2.05) is 12.1 Å². The Labute approximate surface area is 140 Å². The van der Waals surface area contributed by atoms with E-state index in [0.717, 1.165) is 0 Å². The topological polar surface area (TPSA) is 72.2 Å².